The van der Waals surface area contributed by atoms with Crippen LogP contribution in [0.2, 0.25) is 0 Å². The molecule has 0 aliphatic rings. The second-order valence-corrected chi connectivity index (χ2v) is 6.44. The lowest BCUT2D eigenvalue weighted by atomic mass is 10.1. The van der Waals surface area contributed by atoms with Crippen LogP contribution in [0.25, 0.3) is 11.0 Å². The maximum atomic E-state index is 12.0. The number of hydrogen-bond donors (Lipinski definition) is 2. The minimum atomic E-state index is 0.0592. The van der Waals surface area contributed by atoms with Gasteiger partial charge in [0.05, 0.1) is 24.7 Å². The fraction of sp³-hybridized carbons (Fsp3) is 0.400. The molecule has 3 aromatic rings. The van der Waals surface area contributed by atoms with Gasteiger partial charge in [-0.05, 0) is 18.4 Å². The lowest BCUT2D eigenvalue weighted by Gasteiger charge is -2.07. The zero-order valence-electron chi connectivity index (χ0n) is 16.1. The summed E-state index contributed by atoms with van der Waals surface area (Å²) in [5, 5.41) is 11.4. The number of anilines is 1. The molecular weight excluding hydrogens is 356 g/mol. The Labute approximate surface area is 164 Å². The molecule has 2 aromatic heterocycles. The lowest BCUT2D eigenvalue weighted by Crippen LogP contribution is -2.27. The first-order chi connectivity index (χ1) is 13.8. The quantitative estimate of drug-likeness (QED) is 0.493. The number of ether oxygens (including phenoxy) is 1. The third kappa shape index (κ3) is 5.50. The van der Waals surface area contributed by atoms with Crippen LogP contribution < -0.4 is 10.6 Å². The Balaban J connectivity index is 1.44. The molecule has 148 valence electrons. The first-order valence-electron chi connectivity index (χ1n) is 9.48. The lowest BCUT2D eigenvalue weighted by molar-refractivity contribution is -0.121. The summed E-state index contributed by atoms with van der Waals surface area (Å²) < 4.78 is 6.82. The van der Waals surface area contributed by atoms with Gasteiger partial charge in [-0.15, -0.1) is 0 Å². The predicted molar refractivity (Wildman–Crippen MR) is 108 cm³/mol. The number of carbonyl (C=O) groups excluding carboxylic acids is 1. The van der Waals surface area contributed by atoms with Crippen LogP contribution in [0, 0.1) is 0 Å². The molecule has 0 saturated carbocycles. The van der Waals surface area contributed by atoms with Crippen LogP contribution in [0.15, 0.2) is 42.9 Å². The summed E-state index contributed by atoms with van der Waals surface area (Å²) in [6.45, 7) is 2.32. The minimum absolute atomic E-state index is 0.0592. The Morgan fingerprint density at radius 1 is 1.18 bits per heavy atom. The van der Waals surface area contributed by atoms with Crippen molar-refractivity contribution in [3.8, 4) is 0 Å². The van der Waals surface area contributed by atoms with E-state index < -0.39 is 0 Å². The summed E-state index contributed by atoms with van der Waals surface area (Å²) in [5.74, 6) is 0.794. The van der Waals surface area contributed by atoms with Crippen LogP contribution in [0.1, 0.15) is 18.4 Å². The second-order valence-electron chi connectivity index (χ2n) is 6.44. The van der Waals surface area contributed by atoms with Crippen molar-refractivity contribution in [1.29, 1.82) is 0 Å². The summed E-state index contributed by atoms with van der Waals surface area (Å²) in [7, 11) is 1.66. The zero-order valence-corrected chi connectivity index (χ0v) is 16.1. The highest BCUT2D eigenvalue weighted by molar-refractivity contribution is 5.86. The van der Waals surface area contributed by atoms with Gasteiger partial charge in [-0.25, -0.2) is 14.6 Å². The van der Waals surface area contributed by atoms with Crippen LogP contribution in [-0.4, -0.2) is 52.5 Å². The molecule has 8 nitrogen and oxygen atoms in total. The number of rotatable bonds is 11. The number of aromatic nitrogens is 4. The van der Waals surface area contributed by atoms with Gasteiger partial charge in [-0.2, -0.15) is 5.10 Å². The van der Waals surface area contributed by atoms with Crippen molar-refractivity contribution in [1.82, 2.24) is 25.1 Å². The molecule has 0 aliphatic carbocycles. The Morgan fingerprint density at radius 3 is 2.86 bits per heavy atom. The second kappa shape index (κ2) is 10.4. The summed E-state index contributed by atoms with van der Waals surface area (Å²) in [4.78, 5) is 20.6. The molecule has 0 spiro atoms. The van der Waals surface area contributed by atoms with Gasteiger partial charge in [0.2, 0.25) is 5.91 Å². The monoisotopic (exact) mass is 382 g/mol. The number of nitrogens with zero attached hydrogens (tertiary/aromatic N) is 4. The Hall–Kier alpha value is -3.00. The number of fused-ring (bicyclic) bond motifs is 1. The number of hydrogen-bond acceptors (Lipinski definition) is 6. The highest BCUT2D eigenvalue weighted by Crippen LogP contribution is 2.18. The van der Waals surface area contributed by atoms with E-state index in [0.717, 1.165) is 29.7 Å². The third-order valence-corrected chi connectivity index (χ3v) is 4.39. The van der Waals surface area contributed by atoms with E-state index in [2.05, 4.69) is 37.8 Å². The summed E-state index contributed by atoms with van der Waals surface area (Å²) >= 11 is 0. The van der Waals surface area contributed by atoms with Gasteiger partial charge in [0.1, 0.15) is 12.1 Å². The summed E-state index contributed by atoms with van der Waals surface area (Å²) in [6, 6.07) is 10.2. The fourth-order valence-corrected chi connectivity index (χ4v) is 2.96. The van der Waals surface area contributed by atoms with Gasteiger partial charge >= 0.3 is 0 Å². The largest absolute Gasteiger partial charge is 0.383 e. The number of methoxy groups -OCH3 is 1. The van der Waals surface area contributed by atoms with E-state index in [1.54, 1.807) is 18.0 Å². The molecule has 0 saturated heterocycles. The van der Waals surface area contributed by atoms with E-state index in [9.17, 15) is 4.79 Å². The normalized spacial score (nSPS) is 10.9. The van der Waals surface area contributed by atoms with Crippen molar-refractivity contribution in [3.05, 3.63) is 48.4 Å². The smallest absolute Gasteiger partial charge is 0.220 e. The summed E-state index contributed by atoms with van der Waals surface area (Å²) in [6.07, 6.45) is 5.52. The molecule has 0 radical (unpaired) electrons. The number of benzene rings is 1. The van der Waals surface area contributed by atoms with Gasteiger partial charge in [-0.1, -0.05) is 30.3 Å². The third-order valence-electron chi connectivity index (χ3n) is 4.39. The van der Waals surface area contributed by atoms with Crippen LogP contribution in [0.4, 0.5) is 5.82 Å². The Bertz CT molecular complexity index is 881. The minimum Gasteiger partial charge on any atom is -0.383 e. The van der Waals surface area contributed by atoms with E-state index in [4.69, 9.17) is 4.74 Å². The first-order valence-corrected chi connectivity index (χ1v) is 9.48. The van der Waals surface area contributed by atoms with Crippen molar-refractivity contribution in [2.24, 2.45) is 0 Å². The molecule has 0 bridgehead atoms. The molecule has 3 rings (SSSR count). The standard InChI is InChI=1S/C20H26N6O2/c1-28-13-11-22-19-17-14-25-26(20(17)24-15-23-19)12-10-21-18(27)9-5-8-16-6-3-2-4-7-16/h2-4,6-7,14-15H,5,8-13H2,1H3,(H,21,27)(H,22,23,24). The summed E-state index contributed by atoms with van der Waals surface area (Å²) in [5.41, 5.74) is 2.00. The number of aryl methyl sites for hydroxylation is 1. The van der Waals surface area contributed by atoms with Gasteiger partial charge < -0.3 is 15.4 Å². The number of amides is 1. The molecule has 0 fully saturated rings. The van der Waals surface area contributed by atoms with Gasteiger partial charge in [0.15, 0.2) is 5.65 Å². The van der Waals surface area contributed by atoms with Crippen molar-refractivity contribution < 1.29 is 9.53 Å². The molecule has 2 heterocycles. The average Bonchev–Trinajstić information content (AvgIpc) is 3.13. The molecular formula is C20H26N6O2. The van der Waals surface area contributed by atoms with E-state index in [1.165, 1.54) is 11.9 Å². The van der Waals surface area contributed by atoms with E-state index in [1.807, 2.05) is 18.2 Å². The highest BCUT2D eigenvalue weighted by Gasteiger charge is 2.09. The maximum absolute atomic E-state index is 12.0. The molecule has 8 heteroatoms. The average molecular weight is 382 g/mol. The molecule has 0 atom stereocenters. The topological polar surface area (TPSA) is 94.0 Å². The SMILES string of the molecule is COCCNc1ncnc2c1cnn2CCNC(=O)CCCc1ccccc1. The molecule has 2 N–H and O–H groups in total. The molecule has 0 aliphatic heterocycles. The van der Waals surface area contributed by atoms with Crippen LogP contribution >= 0.6 is 0 Å². The fourth-order valence-electron chi connectivity index (χ4n) is 2.96. The highest BCUT2D eigenvalue weighted by atomic mass is 16.5. The van der Waals surface area contributed by atoms with E-state index >= 15 is 0 Å². The van der Waals surface area contributed by atoms with Crippen molar-refractivity contribution in [2.45, 2.75) is 25.8 Å². The van der Waals surface area contributed by atoms with Gasteiger partial charge in [0, 0.05) is 26.6 Å². The van der Waals surface area contributed by atoms with E-state index in [0.29, 0.717) is 32.7 Å². The van der Waals surface area contributed by atoms with Crippen LogP contribution in [-0.2, 0) is 22.5 Å². The van der Waals surface area contributed by atoms with Crippen molar-refractivity contribution in [3.63, 3.8) is 0 Å². The predicted octanol–water partition coefficient (Wildman–Crippen LogP) is 2.02. The maximum Gasteiger partial charge on any atom is 0.220 e. The van der Waals surface area contributed by atoms with Gasteiger partial charge in [-0.3, -0.25) is 4.79 Å². The number of carbonyl (C=O) groups is 1. The Morgan fingerprint density at radius 2 is 2.04 bits per heavy atom. The van der Waals surface area contributed by atoms with E-state index in [-0.39, 0.29) is 5.91 Å². The molecule has 28 heavy (non-hydrogen) atoms. The van der Waals surface area contributed by atoms with Crippen molar-refractivity contribution >= 4 is 22.8 Å². The van der Waals surface area contributed by atoms with Gasteiger partial charge in [0.25, 0.3) is 0 Å². The van der Waals surface area contributed by atoms with Crippen molar-refractivity contribution in [2.75, 3.05) is 32.1 Å². The number of nitrogens with one attached hydrogen (secondary N) is 2. The first kappa shape index (κ1) is 19.8. The Kier molecular flexibility index (Phi) is 7.31. The molecule has 0 unspecified atom stereocenters. The molecule has 1 aromatic carbocycles. The van der Waals surface area contributed by atoms with Crippen LogP contribution in [0.3, 0.4) is 0 Å². The zero-order chi connectivity index (χ0) is 19.6. The molecule has 1 amide bonds. The van der Waals surface area contributed by atoms with Crippen LogP contribution in [0.5, 0.6) is 0 Å².